The maximum atomic E-state index is 12.3. The van der Waals surface area contributed by atoms with E-state index in [4.69, 9.17) is 4.74 Å². The van der Waals surface area contributed by atoms with Gasteiger partial charge in [0.05, 0.1) is 0 Å². The van der Waals surface area contributed by atoms with Crippen molar-refractivity contribution in [3.05, 3.63) is 63.3 Å². The van der Waals surface area contributed by atoms with Gasteiger partial charge in [-0.25, -0.2) is 9.78 Å². The molecule has 0 N–H and O–H groups in total. The first kappa shape index (κ1) is 16.9. The third-order valence-electron chi connectivity index (χ3n) is 4.22. The van der Waals surface area contributed by atoms with Crippen LogP contribution in [-0.2, 0) is 22.5 Å². The number of hydrogen-bond acceptors (Lipinski definition) is 6. The minimum absolute atomic E-state index is 0.172. The minimum Gasteiger partial charge on any atom is -0.451 e. The Morgan fingerprint density at radius 2 is 2.00 bits per heavy atom. The standard InChI is InChI=1S/C19H16N2O3S2/c22-17(21-8-6-16-14(10-21)7-9-25-16)11-24-19(23)15-12-26-18(20-15)13-4-2-1-3-5-13/h1-5,7,9,12H,6,8,10-11H2. The molecule has 26 heavy (non-hydrogen) atoms. The van der Waals surface area contributed by atoms with E-state index in [0.717, 1.165) is 17.0 Å². The van der Waals surface area contributed by atoms with E-state index in [1.807, 2.05) is 41.8 Å². The molecule has 1 aliphatic rings. The quantitative estimate of drug-likeness (QED) is 0.645. The second kappa shape index (κ2) is 7.39. The maximum absolute atomic E-state index is 12.3. The molecule has 5 nitrogen and oxygen atoms in total. The molecule has 0 unspecified atom stereocenters. The SMILES string of the molecule is O=C(OCC(=O)N1CCc2sccc2C1)c1csc(-c2ccccc2)n1. The number of benzene rings is 1. The number of aromatic nitrogens is 1. The molecule has 7 heteroatoms. The summed E-state index contributed by atoms with van der Waals surface area (Å²) in [5.74, 6) is -0.737. The van der Waals surface area contributed by atoms with Gasteiger partial charge in [0.1, 0.15) is 5.01 Å². The van der Waals surface area contributed by atoms with Crippen LogP contribution in [0.1, 0.15) is 20.9 Å². The number of nitrogens with zero attached hydrogens (tertiary/aromatic N) is 2. The predicted octanol–water partition coefficient (Wildman–Crippen LogP) is 3.61. The number of amides is 1. The summed E-state index contributed by atoms with van der Waals surface area (Å²) in [6, 6.07) is 11.7. The molecular weight excluding hydrogens is 368 g/mol. The van der Waals surface area contributed by atoms with Crippen LogP contribution in [-0.4, -0.2) is 34.9 Å². The van der Waals surface area contributed by atoms with Crippen molar-refractivity contribution in [3.63, 3.8) is 0 Å². The van der Waals surface area contributed by atoms with Crippen molar-refractivity contribution in [2.75, 3.05) is 13.2 Å². The highest BCUT2D eigenvalue weighted by Gasteiger charge is 2.23. The molecule has 3 heterocycles. The first-order chi connectivity index (χ1) is 12.7. The smallest absolute Gasteiger partial charge is 0.358 e. The summed E-state index contributed by atoms with van der Waals surface area (Å²) in [4.78, 5) is 31.9. The van der Waals surface area contributed by atoms with Crippen LogP contribution in [0.2, 0.25) is 0 Å². The fourth-order valence-electron chi connectivity index (χ4n) is 2.83. The van der Waals surface area contributed by atoms with Crippen LogP contribution < -0.4 is 0 Å². The number of carbonyl (C=O) groups is 2. The van der Waals surface area contributed by atoms with Crippen molar-refractivity contribution < 1.29 is 14.3 Å². The van der Waals surface area contributed by atoms with E-state index in [2.05, 4.69) is 4.98 Å². The van der Waals surface area contributed by atoms with E-state index < -0.39 is 5.97 Å². The molecular formula is C19H16N2O3S2. The summed E-state index contributed by atoms with van der Waals surface area (Å²) < 4.78 is 5.18. The van der Waals surface area contributed by atoms with Crippen molar-refractivity contribution >= 4 is 34.6 Å². The summed E-state index contributed by atoms with van der Waals surface area (Å²) in [6.07, 6.45) is 0.860. The molecule has 0 spiro atoms. The molecule has 0 saturated carbocycles. The number of rotatable bonds is 4. The Kier molecular flexibility index (Phi) is 4.81. The van der Waals surface area contributed by atoms with Gasteiger partial charge in [0.25, 0.3) is 5.91 Å². The predicted molar refractivity (Wildman–Crippen MR) is 101 cm³/mol. The van der Waals surface area contributed by atoms with Gasteiger partial charge in [-0.15, -0.1) is 22.7 Å². The van der Waals surface area contributed by atoms with Crippen molar-refractivity contribution in [1.82, 2.24) is 9.88 Å². The molecule has 0 radical (unpaired) electrons. The monoisotopic (exact) mass is 384 g/mol. The number of thiophene rings is 1. The Hall–Kier alpha value is -2.51. The molecule has 1 aromatic carbocycles. The molecule has 2 aromatic heterocycles. The highest BCUT2D eigenvalue weighted by atomic mass is 32.1. The first-order valence-corrected chi connectivity index (χ1v) is 9.98. The van der Waals surface area contributed by atoms with Crippen LogP contribution in [0.25, 0.3) is 10.6 Å². The summed E-state index contributed by atoms with van der Waals surface area (Å²) in [6.45, 7) is 0.999. The average molecular weight is 384 g/mol. The van der Waals surface area contributed by atoms with Gasteiger partial charge in [-0.3, -0.25) is 4.79 Å². The average Bonchev–Trinajstić information content (AvgIpc) is 3.35. The third-order valence-corrected chi connectivity index (χ3v) is 6.14. The Morgan fingerprint density at radius 1 is 1.15 bits per heavy atom. The zero-order chi connectivity index (χ0) is 17.9. The molecule has 1 aliphatic heterocycles. The molecule has 1 amide bonds. The van der Waals surface area contributed by atoms with Crippen LogP contribution in [0.4, 0.5) is 0 Å². The number of hydrogen-bond donors (Lipinski definition) is 0. The Morgan fingerprint density at radius 3 is 2.85 bits per heavy atom. The van der Waals surface area contributed by atoms with Gasteiger partial charge in [-0.2, -0.15) is 0 Å². The lowest BCUT2D eigenvalue weighted by atomic mass is 10.1. The van der Waals surface area contributed by atoms with Crippen LogP contribution >= 0.6 is 22.7 Å². The molecule has 0 aliphatic carbocycles. The Labute approximate surface area is 158 Å². The fourth-order valence-corrected chi connectivity index (χ4v) is 4.52. The summed E-state index contributed by atoms with van der Waals surface area (Å²) in [7, 11) is 0. The number of ether oxygens (including phenoxy) is 1. The summed E-state index contributed by atoms with van der Waals surface area (Å²) in [5.41, 5.74) is 2.38. The minimum atomic E-state index is -0.565. The second-order valence-electron chi connectivity index (χ2n) is 5.91. The Balaban J connectivity index is 1.34. The van der Waals surface area contributed by atoms with Crippen LogP contribution in [0.3, 0.4) is 0 Å². The number of thiazole rings is 1. The lowest BCUT2D eigenvalue weighted by molar-refractivity contribution is -0.135. The van der Waals surface area contributed by atoms with Gasteiger partial charge in [0.15, 0.2) is 12.3 Å². The highest BCUT2D eigenvalue weighted by molar-refractivity contribution is 7.13. The van der Waals surface area contributed by atoms with Gasteiger partial charge in [-0.1, -0.05) is 30.3 Å². The van der Waals surface area contributed by atoms with Crippen molar-refractivity contribution in [3.8, 4) is 10.6 Å². The fraction of sp³-hybridized carbons (Fsp3) is 0.211. The molecule has 0 atom stereocenters. The van der Waals surface area contributed by atoms with Crippen molar-refractivity contribution in [2.24, 2.45) is 0 Å². The van der Waals surface area contributed by atoms with Gasteiger partial charge >= 0.3 is 5.97 Å². The Bertz CT molecular complexity index is 933. The van der Waals surface area contributed by atoms with Crippen LogP contribution in [0.15, 0.2) is 47.2 Å². The molecule has 0 saturated heterocycles. The molecule has 3 aromatic rings. The molecule has 0 bridgehead atoms. The number of fused-ring (bicyclic) bond motifs is 1. The normalized spacial score (nSPS) is 13.3. The molecule has 0 fully saturated rings. The highest BCUT2D eigenvalue weighted by Crippen LogP contribution is 2.25. The summed E-state index contributed by atoms with van der Waals surface area (Å²) in [5, 5.41) is 4.46. The topological polar surface area (TPSA) is 59.5 Å². The van der Waals surface area contributed by atoms with Gasteiger partial charge in [0, 0.05) is 28.9 Å². The largest absolute Gasteiger partial charge is 0.451 e. The summed E-state index contributed by atoms with van der Waals surface area (Å²) >= 11 is 3.11. The van der Waals surface area contributed by atoms with E-state index >= 15 is 0 Å². The lowest BCUT2D eigenvalue weighted by Gasteiger charge is -2.26. The van der Waals surface area contributed by atoms with Crippen LogP contribution in [0.5, 0.6) is 0 Å². The van der Waals surface area contributed by atoms with E-state index in [9.17, 15) is 9.59 Å². The van der Waals surface area contributed by atoms with Crippen molar-refractivity contribution in [2.45, 2.75) is 13.0 Å². The third kappa shape index (κ3) is 3.54. The molecule has 4 rings (SSSR count). The zero-order valence-electron chi connectivity index (χ0n) is 13.9. The molecule has 132 valence electrons. The number of esters is 1. The first-order valence-electron chi connectivity index (χ1n) is 8.22. The van der Waals surface area contributed by atoms with Crippen molar-refractivity contribution in [1.29, 1.82) is 0 Å². The van der Waals surface area contributed by atoms with Crippen LogP contribution in [0, 0.1) is 0 Å². The van der Waals surface area contributed by atoms with E-state index in [0.29, 0.717) is 13.1 Å². The van der Waals surface area contributed by atoms with E-state index in [-0.39, 0.29) is 18.2 Å². The second-order valence-corrected chi connectivity index (χ2v) is 7.77. The lowest BCUT2D eigenvalue weighted by Crippen LogP contribution is -2.38. The van der Waals surface area contributed by atoms with E-state index in [1.165, 1.54) is 21.8 Å². The maximum Gasteiger partial charge on any atom is 0.358 e. The number of carbonyl (C=O) groups excluding carboxylic acids is 2. The zero-order valence-corrected chi connectivity index (χ0v) is 15.5. The van der Waals surface area contributed by atoms with Gasteiger partial charge in [-0.05, 0) is 23.4 Å². The van der Waals surface area contributed by atoms with Gasteiger partial charge < -0.3 is 9.64 Å². The van der Waals surface area contributed by atoms with E-state index in [1.54, 1.807) is 21.6 Å². The van der Waals surface area contributed by atoms with Gasteiger partial charge in [0.2, 0.25) is 0 Å².